The lowest BCUT2D eigenvalue weighted by atomic mass is 10.0. The van der Waals surface area contributed by atoms with Crippen LogP contribution in [0.4, 0.5) is 0 Å². The highest BCUT2D eigenvalue weighted by atomic mass is 16.5. The minimum atomic E-state index is -0.488. The summed E-state index contributed by atoms with van der Waals surface area (Å²) in [6.45, 7) is 7.75. The molecule has 6 nitrogen and oxygen atoms in total. The van der Waals surface area contributed by atoms with Gasteiger partial charge in [-0.15, -0.1) is 0 Å². The minimum Gasteiger partial charge on any atom is -0.361 e. The zero-order chi connectivity index (χ0) is 14.2. The predicted molar refractivity (Wildman–Crippen MR) is 68.3 cm³/mol. The third kappa shape index (κ3) is 2.47. The van der Waals surface area contributed by atoms with E-state index in [2.05, 4.69) is 10.5 Å². The van der Waals surface area contributed by atoms with Crippen molar-refractivity contribution in [3.63, 3.8) is 0 Å². The Labute approximate surface area is 112 Å². The van der Waals surface area contributed by atoms with Crippen LogP contribution in [0, 0.1) is 13.8 Å². The van der Waals surface area contributed by atoms with Crippen LogP contribution in [-0.4, -0.2) is 34.5 Å². The van der Waals surface area contributed by atoms with Gasteiger partial charge in [0, 0.05) is 18.5 Å². The maximum absolute atomic E-state index is 12.3. The molecule has 6 heteroatoms. The van der Waals surface area contributed by atoms with Crippen molar-refractivity contribution < 1.29 is 14.1 Å². The van der Waals surface area contributed by atoms with Gasteiger partial charge >= 0.3 is 0 Å². The molecule has 2 atom stereocenters. The molecule has 104 valence electrons. The Morgan fingerprint density at radius 1 is 1.42 bits per heavy atom. The fourth-order valence-corrected chi connectivity index (χ4v) is 2.58. The number of hydrogen-bond acceptors (Lipinski definition) is 4. The Balaban J connectivity index is 2.29. The molecule has 2 amide bonds. The number of aromatic nitrogens is 1. The van der Waals surface area contributed by atoms with Crippen molar-refractivity contribution in [2.75, 3.05) is 6.54 Å². The molecule has 1 saturated heterocycles. The van der Waals surface area contributed by atoms with Crippen LogP contribution in [0.5, 0.6) is 0 Å². The standard InChI is InChI=1S/C13H19N3O3/c1-7-12(10(4)19-15-7)9(3)16-6-5-11(17)14-8(2)13(16)18/h8-9H,5-6H2,1-4H3,(H,14,17). The Morgan fingerprint density at radius 2 is 2.11 bits per heavy atom. The second-order valence-electron chi connectivity index (χ2n) is 4.98. The van der Waals surface area contributed by atoms with Crippen molar-refractivity contribution in [1.29, 1.82) is 0 Å². The molecule has 2 heterocycles. The molecule has 1 aromatic rings. The van der Waals surface area contributed by atoms with Gasteiger partial charge < -0.3 is 14.7 Å². The molecule has 1 N–H and O–H groups in total. The number of amides is 2. The molecule has 1 aliphatic heterocycles. The zero-order valence-corrected chi connectivity index (χ0v) is 11.7. The molecular formula is C13H19N3O3. The molecule has 0 aromatic carbocycles. The molecule has 19 heavy (non-hydrogen) atoms. The van der Waals surface area contributed by atoms with Gasteiger partial charge in [0.2, 0.25) is 11.8 Å². The Morgan fingerprint density at radius 3 is 2.68 bits per heavy atom. The molecule has 2 rings (SSSR count). The van der Waals surface area contributed by atoms with Gasteiger partial charge in [0.1, 0.15) is 11.8 Å². The predicted octanol–water partition coefficient (Wildman–Crippen LogP) is 1.09. The lowest BCUT2D eigenvalue weighted by molar-refractivity contribution is -0.134. The molecule has 1 aromatic heterocycles. The van der Waals surface area contributed by atoms with Gasteiger partial charge in [-0.25, -0.2) is 0 Å². The van der Waals surface area contributed by atoms with Crippen LogP contribution in [0.2, 0.25) is 0 Å². The normalized spacial score (nSPS) is 22.1. The van der Waals surface area contributed by atoms with Crippen LogP contribution in [0.15, 0.2) is 4.52 Å². The van der Waals surface area contributed by atoms with E-state index in [1.165, 1.54) is 0 Å². The highest BCUT2D eigenvalue weighted by Gasteiger charge is 2.32. The first-order valence-electron chi connectivity index (χ1n) is 6.44. The highest BCUT2D eigenvalue weighted by molar-refractivity contribution is 5.89. The van der Waals surface area contributed by atoms with Crippen LogP contribution in [0.3, 0.4) is 0 Å². The van der Waals surface area contributed by atoms with E-state index in [0.717, 1.165) is 11.3 Å². The van der Waals surface area contributed by atoms with Crippen molar-refractivity contribution in [2.45, 2.75) is 46.2 Å². The topological polar surface area (TPSA) is 75.4 Å². The second-order valence-corrected chi connectivity index (χ2v) is 4.98. The number of aryl methyl sites for hydroxylation is 2. The van der Waals surface area contributed by atoms with Gasteiger partial charge in [-0.3, -0.25) is 9.59 Å². The summed E-state index contributed by atoms with van der Waals surface area (Å²) < 4.78 is 5.15. The van der Waals surface area contributed by atoms with Gasteiger partial charge in [0.15, 0.2) is 0 Å². The first-order valence-corrected chi connectivity index (χ1v) is 6.44. The van der Waals surface area contributed by atoms with Gasteiger partial charge in [-0.1, -0.05) is 5.16 Å². The highest BCUT2D eigenvalue weighted by Crippen LogP contribution is 2.27. The minimum absolute atomic E-state index is 0.0710. The first-order chi connectivity index (χ1) is 8.91. The monoisotopic (exact) mass is 265 g/mol. The van der Waals surface area contributed by atoms with Gasteiger partial charge in [-0.05, 0) is 27.7 Å². The number of rotatable bonds is 2. The van der Waals surface area contributed by atoms with Crippen molar-refractivity contribution in [3.05, 3.63) is 17.0 Å². The quantitative estimate of drug-likeness (QED) is 0.868. The average Bonchev–Trinajstić information content (AvgIpc) is 2.61. The lowest BCUT2D eigenvalue weighted by Crippen LogP contribution is -2.43. The van der Waals surface area contributed by atoms with E-state index in [4.69, 9.17) is 4.52 Å². The maximum atomic E-state index is 12.3. The van der Waals surface area contributed by atoms with Crippen LogP contribution in [-0.2, 0) is 9.59 Å². The summed E-state index contributed by atoms with van der Waals surface area (Å²) in [6, 6.07) is -0.633. The van der Waals surface area contributed by atoms with Crippen molar-refractivity contribution in [3.8, 4) is 0 Å². The summed E-state index contributed by atoms with van der Waals surface area (Å²) in [5, 5.41) is 6.60. The van der Waals surface area contributed by atoms with Crippen molar-refractivity contribution in [1.82, 2.24) is 15.4 Å². The third-order valence-electron chi connectivity index (χ3n) is 3.58. The summed E-state index contributed by atoms with van der Waals surface area (Å²) in [4.78, 5) is 25.5. The number of carbonyl (C=O) groups excluding carboxylic acids is 2. The fourth-order valence-electron chi connectivity index (χ4n) is 2.58. The average molecular weight is 265 g/mol. The largest absolute Gasteiger partial charge is 0.361 e. The van der Waals surface area contributed by atoms with E-state index in [1.807, 2.05) is 20.8 Å². The number of carbonyl (C=O) groups is 2. The molecule has 0 aliphatic carbocycles. The first kappa shape index (κ1) is 13.6. The Kier molecular flexibility index (Phi) is 3.59. The molecule has 1 fully saturated rings. The summed E-state index contributed by atoms with van der Waals surface area (Å²) in [5.41, 5.74) is 1.71. The van der Waals surface area contributed by atoms with Crippen molar-refractivity contribution >= 4 is 11.8 Å². The molecule has 0 spiro atoms. The maximum Gasteiger partial charge on any atom is 0.245 e. The fraction of sp³-hybridized carbons (Fsp3) is 0.615. The van der Waals surface area contributed by atoms with E-state index in [0.29, 0.717) is 18.7 Å². The van der Waals surface area contributed by atoms with Crippen LogP contribution >= 0.6 is 0 Å². The van der Waals surface area contributed by atoms with Gasteiger partial charge in [-0.2, -0.15) is 0 Å². The summed E-state index contributed by atoms with van der Waals surface area (Å²) in [5.74, 6) is 0.557. The Hall–Kier alpha value is -1.85. The van der Waals surface area contributed by atoms with E-state index < -0.39 is 6.04 Å². The molecular weight excluding hydrogens is 246 g/mol. The number of nitrogens with zero attached hydrogens (tertiary/aromatic N) is 2. The SMILES string of the molecule is Cc1noc(C)c1C(C)N1CCC(=O)NC(C)C1=O. The van der Waals surface area contributed by atoms with E-state index in [1.54, 1.807) is 11.8 Å². The summed E-state index contributed by atoms with van der Waals surface area (Å²) in [6.07, 6.45) is 0.323. The molecule has 0 radical (unpaired) electrons. The van der Waals surface area contributed by atoms with Crippen molar-refractivity contribution in [2.24, 2.45) is 0 Å². The molecule has 2 unspecified atom stereocenters. The lowest BCUT2D eigenvalue weighted by Gasteiger charge is -2.29. The molecule has 0 bridgehead atoms. The number of hydrogen-bond donors (Lipinski definition) is 1. The van der Waals surface area contributed by atoms with E-state index in [9.17, 15) is 9.59 Å². The van der Waals surface area contributed by atoms with Crippen LogP contribution < -0.4 is 5.32 Å². The Bertz CT molecular complexity index is 490. The van der Waals surface area contributed by atoms with Gasteiger partial charge in [0.25, 0.3) is 0 Å². The van der Waals surface area contributed by atoms with E-state index in [-0.39, 0.29) is 17.9 Å². The second kappa shape index (κ2) is 5.03. The molecule has 1 aliphatic rings. The summed E-state index contributed by atoms with van der Waals surface area (Å²) >= 11 is 0. The van der Waals surface area contributed by atoms with Crippen LogP contribution in [0.1, 0.15) is 43.3 Å². The number of nitrogens with one attached hydrogen (secondary N) is 1. The van der Waals surface area contributed by atoms with Gasteiger partial charge in [0.05, 0.1) is 11.7 Å². The summed E-state index contributed by atoms with van der Waals surface area (Å²) in [7, 11) is 0. The zero-order valence-electron chi connectivity index (χ0n) is 11.7. The van der Waals surface area contributed by atoms with Crippen LogP contribution in [0.25, 0.3) is 0 Å². The third-order valence-corrected chi connectivity index (χ3v) is 3.58. The molecule has 0 saturated carbocycles. The van der Waals surface area contributed by atoms with E-state index >= 15 is 0 Å². The smallest absolute Gasteiger partial charge is 0.245 e.